The largest absolute Gasteiger partial charge is 0.480 e. The number of rotatable bonds is 8. The molecule has 0 aliphatic carbocycles. The number of para-hydroxylation sites is 1. The summed E-state index contributed by atoms with van der Waals surface area (Å²) in [5, 5.41) is 6.20. The smallest absolute Gasteiger partial charge is 0.262 e. The van der Waals surface area contributed by atoms with Crippen molar-refractivity contribution in [1.29, 1.82) is 0 Å². The summed E-state index contributed by atoms with van der Waals surface area (Å²) in [6, 6.07) is 4.91. The number of amides is 1. The van der Waals surface area contributed by atoms with Crippen molar-refractivity contribution in [2.75, 3.05) is 51.0 Å². The van der Waals surface area contributed by atoms with E-state index in [-0.39, 0.29) is 29.2 Å². The Morgan fingerprint density at radius 1 is 1.39 bits per heavy atom. The van der Waals surface area contributed by atoms with Crippen LogP contribution < -0.4 is 21.1 Å². The normalized spacial score (nSPS) is 17.2. The van der Waals surface area contributed by atoms with Crippen LogP contribution in [-0.2, 0) is 4.74 Å². The molecule has 1 aliphatic heterocycles. The Kier molecular flexibility index (Phi) is 8.84. The summed E-state index contributed by atoms with van der Waals surface area (Å²) in [4.78, 5) is 27.7. The van der Waals surface area contributed by atoms with Gasteiger partial charge < -0.3 is 30.7 Å². The summed E-state index contributed by atoms with van der Waals surface area (Å²) in [6.45, 7) is 2.91. The van der Waals surface area contributed by atoms with Crippen LogP contribution in [0.4, 0.5) is 11.6 Å². The molecule has 33 heavy (non-hydrogen) atoms. The monoisotopic (exact) mass is 493 g/mol. The zero-order valence-corrected chi connectivity index (χ0v) is 19.7. The Morgan fingerprint density at radius 3 is 2.82 bits per heavy atom. The third-order valence-corrected chi connectivity index (χ3v) is 5.34. The molecular formula is C21H25Cl2N7O3. The summed E-state index contributed by atoms with van der Waals surface area (Å²) < 4.78 is 11.0. The molecule has 1 aliphatic rings. The number of allylic oxidation sites excluding steroid dienone is 1. The zero-order chi connectivity index (χ0) is 23.8. The fraction of sp³-hybridized carbons (Fsp3) is 0.333. The first kappa shape index (κ1) is 24.7. The number of anilines is 2. The summed E-state index contributed by atoms with van der Waals surface area (Å²) in [5.74, 6) is -0.293. The van der Waals surface area contributed by atoms with Crippen molar-refractivity contribution >= 4 is 47.0 Å². The van der Waals surface area contributed by atoms with Gasteiger partial charge in [0.25, 0.3) is 5.91 Å². The van der Waals surface area contributed by atoms with Crippen LogP contribution in [0.1, 0.15) is 10.4 Å². The summed E-state index contributed by atoms with van der Waals surface area (Å²) in [5.41, 5.74) is 6.55. The second-order valence-electron chi connectivity index (χ2n) is 7.16. The van der Waals surface area contributed by atoms with E-state index in [1.54, 1.807) is 24.4 Å². The van der Waals surface area contributed by atoms with Gasteiger partial charge in [-0.3, -0.25) is 9.79 Å². The van der Waals surface area contributed by atoms with E-state index < -0.39 is 5.91 Å². The molecule has 0 unspecified atom stereocenters. The van der Waals surface area contributed by atoms with Gasteiger partial charge in [0.2, 0.25) is 11.8 Å². The predicted molar refractivity (Wildman–Crippen MR) is 129 cm³/mol. The van der Waals surface area contributed by atoms with Gasteiger partial charge in [0.1, 0.15) is 5.56 Å². The Morgan fingerprint density at radius 2 is 2.15 bits per heavy atom. The minimum absolute atomic E-state index is 0.0276. The van der Waals surface area contributed by atoms with Crippen molar-refractivity contribution in [2.24, 2.45) is 10.7 Å². The van der Waals surface area contributed by atoms with E-state index in [4.69, 9.17) is 38.4 Å². The zero-order valence-electron chi connectivity index (χ0n) is 18.2. The topological polar surface area (TPSA) is 127 Å². The highest BCUT2D eigenvalue weighted by molar-refractivity contribution is 6.40. The van der Waals surface area contributed by atoms with Gasteiger partial charge in [-0.05, 0) is 19.2 Å². The van der Waals surface area contributed by atoms with E-state index in [1.165, 1.54) is 19.5 Å². The average Bonchev–Trinajstić information content (AvgIpc) is 2.80. The fourth-order valence-electron chi connectivity index (χ4n) is 3.03. The molecule has 10 nitrogen and oxygen atoms in total. The lowest BCUT2D eigenvalue weighted by Crippen LogP contribution is -2.41. The number of carbonyl (C=O) groups excluding carboxylic acids is 1. The number of likely N-dealkylation sites (N-methyl/N-ethyl adjacent to an activating group) is 1. The Hall–Kier alpha value is -2.92. The first-order valence-corrected chi connectivity index (χ1v) is 10.8. The molecule has 1 aromatic carbocycles. The van der Waals surface area contributed by atoms with Crippen LogP contribution in [0.2, 0.25) is 10.0 Å². The summed E-state index contributed by atoms with van der Waals surface area (Å²) >= 11 is 12.2. The lowest BCUT2D eigenvalue weighted by Gasteiger charge is -2.28. The third-order valence-electron chi connectivity index (χ3n) is 4.71. The highest BCUT2D eigenvalue weighted by Crippen LogP contribution is 2.30. The van der Waals surface area contributed by atoms with Crippen LogP contribution in [0.15, 0.2) is 41.3 Å². The number of nitrogens with one attached hydrogen (secondary N) is 2. The van der Waals surface area contributed by atoms with Crippen molar-refractivity contribution < 1.29 is 14.3 Å². The molecular weight excluding hydrogens is 469 g/mol. The molecule has 1 atom stereocenters. The van der Waals surface area contributed by atoms with Crippen molar-refractivity contribution in [3.05, 3.63) is 51.9 Å². The van der Waals surface area contributed by atoms with E-state index in [2.05, 4.69) is 30.5 Å². The number of halogens is 2. The van der Waals surface area contributed by atoms with Crippen molar-refractivity contribution in [1.82, 2.24) is 14.9 Å². The van der Waals surface area contributed by atoms with Crippen LogP contribution >= 0.6 is 23.2 Å². The number of benzene rings is 1. The van der Waals surface area contributed by atoms with Crippen molar-refractivity contribution in [3.8, 4) is 5.88 Å². The number of nitrogens with two attached hydrogens (primary N) is 1. The molecule has 3 rings (SSSR count). The highest BCUT2D eigenvalue weighted by atomic mass is 35.5. The number of nitrogens with zero attached hydrogens (tertiary/aromatic N) is 4. The molecule has 176 valence electrons. The molecule has 12 heteroatoms. The second-order valence-corrected chi connectivity index (χ2v) is 7.98. The summed E-state index contributed by atoms with van der Waals surface area (Å²) in [6.07, 6.45) is 4.27. The number of methoxy groups -OCH3 is 1. The van der Waals surface area contributed by atoms with E-state index in [9.17, 15) is 4.79 Å². The number of morpholine rings is 1. The highest BCUT2D eigenvalue weighted by Gasteiger charge is 2.19. The molecule has 0 spiro atoms. The molecule has 0 saturated carbocycles. The number of carbonyl (C=O) groups is 1. The minimum Gasteiger partial charge on any atom is -0.480 e. The second kappa shape index (κ2) is 11.8. The number of hydrogen-bond donors (Lipinski definition) is 3. The Labute approximate surface area is 201 Å². The Balaban J connectivity index is 1.66. The lowest BCUT2D eigenvalue weighted by molar-refractivity contribution is -0.0135. The number of ether oxygens (including phenoxy) is 2. The van der Waals surface area contributed by atoms with Gasteiger partial charge >= 0.3 is 0 Å². The molecule has 1 amide bonds. The number of aliphatic imine (C=N–C) groups is 1. The average molecular weight is 494 g/mol. The SMILES string of the molecule is COc1nc(N/C(C=NC[C@@H]2CN(C)CCO2)=C/N)ncc1C(=O)Nc1c(Cl)cccc1Cl. The Bertz CT molecular complexity index is 1030. The quantitative estimate of drug-likeness (QED) is 0.478. The standard InChI is InChI=1S/C21H25Cl2N7O3/c1-30-6-7-33-14(12-30)10-25-9-13(8-24)27-21-26-11-15(20(29-21)32-2)19(31)28-18-16(22)4-3-5-17(18)23/h3-5,8-9,11,14H,6-7,10,12,24H2,1-2H3,(H,28,31)(H,26,27,29)/b13-8+,25-9?/t14-/m1/s1. The number of aromatic nitrogens is 2. The maximum atomic E-state index is 12.7. The van der Waals surface area contributed by atoms with Crippen molar-refractivity contribution in [2.45, 2.75) is 6.10 Å². The molecule has 4 N–H and O–H groups in total. The van der Waals surface area contributed by atoms with Gasteiger partial charge in [0.15, 0.2) is 0 Å². The van der Waals surface area contributed by atoms with Gasteiger partial charge in [0, 0.05) is 31.7 Å². The molecule has 1 aromatic heterocycles. The maximum absolute atomic E-state index is 12.7. The van der Waals surface area contributed by atoms with Crippen LogP contribution in [-0.4, -0.2) is 73.5 Å². The molecule has 2 heterocycles. The first-order chi connectivity index (χ1) is 15.9. The van der Waals surface area contributed by atoms with Crippen LogP contribution in [0, 0.1) is 0 Å². The molecule has 2 aromatic rings. The molecule has 0 bridgehead atoms. The van der Waals surface area contributed by atoms with Gasteiger partial charge in [-0.25, -0.2) is 4.98 Å². The predicted octanol–water partition coefficient (Wildman–Crippen LogP) is 2.66. The molecule has 1 fully saturated rings. The van der Waals surface area contributed by atoms with E-state index in [0.717, 1.165) is 13.1 Å². The first-order valence-electron chi connectivity index (χ1n) is 10.1. The van der Waals surface area contributed by atoms with Crippen molar-refractivity contribution in [3.63, 3.8) is 0 Å². The minimum atomic E-state index is -0.526. The number of hydrogen-bond acceptors (Lipinski definition) is 9. The lowest BCUT2D eigenvalue weighted by atomic mass is 10.2. The van der Waals surface area contributed by atoms with E-state index in [1.807, 2.05) is 7.05 Å². The molecule has 1 saturated heterocycles. The maximum Gasteiger partial charge on any atom is 0.262 e. The van der Waals surface area contributed by atoms with Gasteiger partial charge in [-0.2, -0.15) is 4.98 Å². The van der Waals surface area contributed by atoms with Gasteiger partial charge in [0.05, 0.1) is 47.8 Å². The molecule has 0 radical (unpaired) electrons. The van der Waals surface area contributed by atoms with Crippen LogP contribution in [0.3, 0.4) is 0 Å². The van der Waals surface area contributed by atoms with E-state index >= 15 is 0 Å². The van der Waals surface area contributed by atoms with Gasteiger partial charge in [-0.15, -0.1) is 0 Å². The van der Waals surface area contributed by atoms with Gasteiger partial charge in [-0.1, -0.05) is 29.3 Å². The van der Waals surface area contributed by atoms with Crippen LogP contribution in [0.25, 0.3) is 0 Å². The fourth-order valence-corrected chi connectivity index (χ4v) is 3.52. The van der Waals surface area contributed by atoms with Crippen LogP contribution in [0.5, 0.6) is 5.88 Å². The van der Waals surface area contributed by atoms with E-state index in [0.29, 0.717) is 28.9 Å². The third kappa shape index (κ3) is 6.78. The summed E-state index contributed by atoms with van der Waals surface area (Å²) in [7, 11) is 3.44.